The van der Waals surface area contributed by atoms with Crippen molar-refractivity contribution in [3.8, 4) is 0 Å². The Balaban J connectivity index is 1.43. The number of nitrogens with zero attached hydrogens (tertiary/aromatic N) is 2. The molecule has 2 amide bonds. The Morgan fingerprint density at radius 2 is 2.13 bits per heavy atom. The number of imidazole rings is 1. The summed E-state index contributed by atoms with van der Waals surface area (Å²) in [5.74, 6) is 1.05. The van der Waals surface area contributed by atoms with Gasteiger partial charge < -0.3 is 19.9 Å². The first-order valence-electron chi connectivity index (χ1n) is 11.3. The van der Waals surface area contributed by atoms with Crippen LogP contribution in [0.15, 0.2) is 12.5 Å². The lowest BCUT2D eigenvalue weighted by molar-refractivity contribution is -0.138. The van der Waals surface area contributed by atoms with Crippen LogP contribution >= 0.6 is 0 Å². The van der Waals surface area contributed by atoms with Gasteiger partial charge in [-0.3, -0.25) is 9.59 Å². The number of carbonyl (C=O) groups is 2. The zero-order valence-electron chi connectivity index (χ0n) is 18.9. The van der Waals surface area contributed by atoms with Crippen molar-refractivity contribution in [1.29, 1.82) is 0 Å². The van der Waals surface area contributed by atoms with Gasteiger partial charge in [0.2, 0.25) is 5.91 Å². The highest BCUT2D eigenvalue weighted by atomic mass is 16.5. The van der Waals surface area contributed by atoms with Gasteiger partial charge in [-0.25, -0.2) is 4.98 Å². The molecule has 3 aliphatic rings. The quantitative estimate of drug-likeness (QED) is 0.746. The van der Waals surface area contributed by atoms with Crippen LogP contribution in [0.3, 0.4) is 0 Å². The molecule has 7 heteroatoms. The number of aromatic nitrogens is 2. The predicted molar refractivity (Wildman–Crippen MR) is 114 cm³/mol. The first kappa shape index (κ1) is 21.3. The Labute approximate surface area is 179 Å². The van der Waals surface area contributed by atoms with Gasteiger partial charge in [0.05, 0.1) is 12.4 Å². The third-order valence-electron chi connectivity index (χ3n) is 8.09. The SMILES string of the molecule is CC(C)C(=O)N[C@H]1C(C)(C)[C@@H]2C[C@@H]3[C@@H](CCNC(=O)c4cn(C)cn4)OCCC31C2. The molecule has 30 heavy (non-hydrogen) atoms. The highest BCUT2D eigenvalue weighted by Gasteiger charge is 2.68. The molecule has 1 aromatic heterocycles. The van der Waals surface area contributed by atoms with E-state index in [0.717, 1.165) is 25.9 Å². The molecular formula is C23H36N4O3. The molecule has 1 unspecified atom stereocenters. The summed E-state index contributed by atoms with van der Waals surface area (Å²) in [5.41, 5.74) is 0.666. The molecule has 3 fully saturated rings. The number of carbonyl (C=O) groups excluding carboxylic acids is 2. The van der Waals surface area contributed by atoms with Crippen molar-refractivity contribution in [2.24, 2.45) is 35.6 Å². The standard InChI is InChI=1S/C23H36N4O3/c1-14(2)19(28)26-21-22(3,4)15-10-16-18(30-9-7-23(16,21)11-15)6-8-24-20(29)17-12-27(5)13-25-17/h12-16,18,21H,6-11H2,1-5H3,(H,24,29)(H,26,28)/t15-,16-,18-,21+,23?/m1/s1. The van der Waals surface area contributed by atoms with Crippen LogP contribution in [-0.4, -0.2) is 46.7 Å². The number of hydrogen-bond acceptors (Lipinski definition) is 4. The molecular weight excluding hydrogens is 380 g/mol. The van der Waals surface area contributed by atoms with E-state index >= 15 is 0 Å². The van der Waals surface area contributed by atoms with Crippen LogP contribution < -0.4 is 10.6 Å². The number of fused-ring (bicyclic) bond motifs is 1. The van der Waals surface area contributed by atoms with E-state index in [1.54, 1.807) is 17.1 Å². The number of rotatable bonds is 6. The van der Waals surface area contributed by atoms with Crippen LogP contribution in [-0.2, 0) is 16.6 Å². The summed E-state index contributed by atoms with van der Waals surface area (Å²) in [4.78, 5) is 29.0. The topological polar surface area (TPSA) is 85.3 Å². The molecule has 4 rings (SSSR count). The number of hydrogen-bond donors (Lipinski definition) is 2. The summed E-state index contributed by atoms with van der Waals surface area (Å²) in [6, 6.07) is 0.193. The molecule has 0 radical (unpaired) electrons. The van der Waals surface area contributed by atoms with E-state index < -0.39 is 0 Å². The van der Waals surface area contributed by atoms with Crippen molar-refractivity contribution in [3.63, 3.8) is 0 Å². The first-order valence-corrected chi connectivity index (χ1v) is 11.3. The molecule has 2 aliphatic carbocycles. The van der Waals surface area contributed by atoms with Crippen molar-refractivity contribution in [3.05, 3.63) is 18.2 Å². The van der Waals surface area contributed by atoms with Gasteiger partial charge >= 0.3 is 0 Å². The largest absolute Gasteiger partial charge is 0.378 e. The van der Waals surface area contributed by atoms with Gasteiger partial charge in [0.15, 0.2) is 0 Å². The van der Waals surface area contributed by atoms with Gasteiger partial charge in [-0.05, 0) is 48.3 Å². The molecule has 2 bridgehead atoms. The monoisotopic (exact) mass is 416 g/mol. The van der Waals surface area contributed by atoms with Crippen molar-refractivity contribution in [2.75, 3.05) is 13.2 Å². The van der Waals surface area contributed by atoms with Gasteiger partial charge in [-0.15, -0.1) is 0 Å². The minimum Gasteiger partial charge on any atom is -0.378 e. The zero-order valence-corrected chi connectivity index (χ0v) is 18.9. The first-order chi connectivity index (χ1) is 14.1. The van der Waals surface area contributed by atoms with E-state index in [1.807, 2.05) is 20.9 Å². The van der Waals surface area contributed by atoms with Crippen LogP contribution in [0.4, 0.5) is 0 Å². The number of aryl methyl sites for hydroxylation is 1. The summed E-state index contributed by atoms with van der Waals surface area (Å²) >= 11 is 0. The molecule has 1 saturated heterocycles. The Morgan fingerprint density at radius 1 is 1.37 bits per heavy atom. The lowest BCUT2D eigenvalue weighted by atomic mass is 9.59. The summed E-state index contributed by atoms with van der Waals surface area (Å²) in [7, 11) is 1.85. The third kappa shape index (κ3) is 3.45. The molecule has 166 valence electrons. The van der Waals surface area contributed by atoms with Crippen LogP contribution in [0.25, 0.3) is 0 Å². The van der Waals surface area contributed by atoms with Crippen LogP contribution in [0.5, 0.6) is 0 Å². The van der Waals surface area contributed by atoms with E-state index in [9.17, 15) is 9.59 Å². The summed E-state index contributed by atoms with van der Waals surface area (Å²) in [6.45, 7) is 9.87. The van der Waals surface area contributed by atoms with Gasteiger partial charge in [0.25, 0.3) is 5.91 Å². The maximum absolute atomic E-state index is 12.6. The van der Waals surface area contributed by atoms with E-state index in [-0.39, 0.29) is 40.7 Å². The van der Waals surface area contributed by atoms with Crippen molar-refractivity contribution >= 4 is 11.8 Å². The summed E-state index contributed by atoms with van der Waals surface area (Å²) in [5, 5.41) is 6.43. The molecule has 2 saturated carbocycles. The Bertz CT molecular complexity index is 817. The van der Waals surface area contributed by atoms with Crippen LogP contribution in [0.1, 0.15) is 63.9 Å². The van der Waals surface area contributed by atoms with E-state index in [0.29, 0.717) is 24.1 Å². The second kappa shape index (κ2) is 7.66. The van der Waals surface area contributed by atoms with Gasteiger partial charge in [-0.1, -0.05) is 27.7 Å². The third-order valence-corrected chi connectivity index (χ3v) is 8.09. The van der Waals surface area contributed by atoms with E-state index in [4.69, 9.17) is 4.74 Å². The van der Waals surface area contributed by atoms with Gasteiger partial charge in [0, 0.05) is 38.4 Å². The summed E-state index contributed by atoms with van der Waals surface area (Å²) in [6.07, 6.45) is 7.61. The fourth-order valence-corrected chi connectivity index (χ4v) is 6.45. The van der Waals surface area contributed by atoms with Crippen molar-refractivity contribution in [2.45, 2.75) is 65.5 Å². The molecule has 2 heterocycles. The van der Waals surface area contributed by atoms with Crippen molar-refractivity contribution < 1.29 is 14.3 Å². The second-order valence-electron chi connectivity index (χ2n) is 10.5. The summed E-state index contributed by atoms with van der Waals surface area (Å²) < 4.78 is 7.99. The maximum atomic E-state index is 12.6. The van der Waals surface area contributed by atoms with Crippen LogP contribution in [0, 0.1) is 28.6 Å². The highest BCUT2D eigenvalue weighted by molar-refractivity contribution is 5.91. The van der Waals surface area contributed by atoms with Gasteiger partial charge in [0.1, 0.15) is 5.69 Å². The Kier molecular flexibility index (Phi) is 5.45. The van der Waals surface area contributed by atoms with Crippen LogP contribution in [0.2, 0.25) is 0 Å². The fourth-order valence-electron chi connectivity index (χ4n) is 6.45. The minimum atomic E-state index is -0.141. The lowest BCUT2D eigenvalue weighted by Gasteiger charge is -2.53. The van der Waals surface area contributed by atoms with Gasteiger partial charge in [-0.2, -0.15) is 0 Å². The second-order valence-corrected chi connectivity index (χ2v) is 10.5. The molecule has 7 nitrogen and oxygen atoms in total. The molecule has 1 spiro atoms. The predicted octanol–water partition coefficient (Wildman–Crippen LogP) is 2.52. The Morgan fingerprint density at radius 3 is 2.80 bits per heavy atom. The number of nitrogens with one attached hydrogen (secondary N) is 2. The van der Waals surface area contributed by atoms with Crippen molar-refractivity contribution in [1.82, 2.24) is 20.2 Å². The maximum Gasteiger partial charge on any atom is 0.271 e. The number of amides is 2. The molecule has 0 aromatic carbocycles. The minimum absolute atomic E-state index is 0.00720. The lowest BCUT2D eigenvalue weighted by Crippen LogP contribution is -2.60. The average molecular weight is 417 g/mol. The van der Waals surface area contributed by atoms with E-state index in [2.05, 4.69) is 29.5 Å². The molecule has 1 aliphatic heterocycles. The smallest absolute Gasteiger partial charge is 0.271 e. The molecule has 1 aromatic rings. The molecule has 2 N–H and O–H groups in total. The highest BCUT2D eigenvalue weighted by Crippen LogP contribution is 2.68. The zero-order chi connectivity index (χ0) is 21.7. The number of ether oxygens (including phenoxy) is 1. The van der Waals surface area contributed by atoms with E-state index in [1.165, 1.54) is 6.42 Å². The average Bonchev–Trinajstić information content (AvgIpc) is 3.34. The fraction of sp³-hybridized carbons (Fsp3) is 0.783. The molecule has 5 atom stereocenters. The Hall–Kier alpha value is -1.89. The normalized spacial score (nSPS) is 34.1.